The van der Waals surface area contributed by atoms with Crippen molar-refractivity contribution in [3.05, 3.63) is 46.7 Å². The molecule has 0 saturated carbocycles. The summed E-state index contributed by atoms with van der Waals surface area (Å²) >= 11 is 3.60. The molecule has 0 atom stereocenters. The summed E-state index contributed by atoms with van der Waals surface area (Å²) in [4.78, 5) is 2.75. The van der Waals surface area contributed by atoms with Crippen molar-refractivity contribution < 1.29 is 0 Å². The highest BCUT2D eigenvalue weighted by Crippen LogP contribution is 2.19. The average molecular weight is 249 g/mol. The van der Waals surface area contributed by atoms with Crippen LogP contribution in [-0.4, -0.2) is 12.8 Å². The second-order valence-corrected chi connectivity index (χ2v) is 5.40. The molecule has 0 fully saturated rings. The average Bonchev–Trinajstić information content (AvgIpc) is 2.82. The topological polar surface area (TPSA) is 12.0 Å². The van der Waals surface area contributed by atoms with Gasteiger partial charge in [-0.05, 0) is 42.3 Å². The Hall–Kier alpha value is -0.930. The molecule has 0 radical (unpaired) electrons. The Morgan fingerprint density at radius 3 is 2.94 bits per heavy atom. The lowest BCUT2D eigenvalue weighted by Crippen LogP contribution is -2.03. The molecule has 1 aromatic heterocycles. The van der Waals surface area contributed by atoms with E-state index in [4.69, 9.17) is 0 Å². The van der Waals surface area contributed by atoms with Gasteiger partial charge in [0.2, 0.25) is 0 Å². The highest BCUT2D eigenvalue weighted by Gasteiger charge is 1.96. The standard InChI is InChI=1S/C13H15NS2/c1-15-13-5-2-4-11(10-13)14-8-7-12-6-3-9-16-12/h2-6,9-10,14H,7-8H2,1H3. The van der Waals surface area contributed by atoms with Crippen molar-refractivity contribution in [1.29, 1.82) is 0 Å². The van der Waals surface area contributed by atoms with E-state index in [9.17, 15) is 0 Å². The predicted molar refractivity (Wildman–Crippen MR) is 74.7 cm³/mol. The van der Waals surface area contributed by atoms with Gasteiger partial charge in [0.25, 0.3) is 0 Å². The van der Waals surface area contributed by atoms with Crippen molar-refractivity contribution in [1.82, 2.24) is 0 Å². The summed E-state index contributed by atoms with van der Waals surface area (Å²) < 4.78 is 0. The van der Waals surface area contributed by atoms with Crippen LogP contribution in [0.3, 0.4) is 0 Å². The fourth-order valence-corrected chi connectivity index (χ4v) is 2.69. The molecule has 2 rings (SSSR count). The number of hydrogen-bond donors (Lipinski definition) is 1. The van der Waals surface area contributed by atoms with E-state index < -0.39 is 0 Å². The van der Waals surface area contributed by atoms with Crippen LogP contribution in [0.2, 0.25) is 0 Å². The van der Waals surface area contributed by atoms with Gasteiger partial charge in [-0.15, -0.1) is 23.1 Å². The Labute approximate surface area is 105 Å². The summed E-state index contributed by atoms with van der Waals surface area (Å²) in [6.07, 6.45) is 3.20. The maximum Gasteiger partial charge on any atom is 0.0351 e. The molecule has 0 aliphatic carbocycles. The van der Waals surface area contributed by atoms with Crippen molar-refractivity contribution in [2.45, 2.75) is 11.3 Å². The van der Waals surface area contributed by atoms with E-state index in [-0.39, 0.29) is 0 Å². The van der Waals surface area contributed by atoms with Gasteiger partial charge >= 0.3 is 0 Å². The van der Waals surface area contributed by atoms with E-state index >= 15 is 0 Å². The molecule has 3 heteroatoms. The van der Waals surface area contributed by atoms with Crippen LogP contribution in [0.1, 0.15) is 4.88 Å². The molecule has 0 spiro atoms. The van der Waals surface area contributed by atoms with Crippen LogP contribution >= 0.6 is 23.1 Å². The van der Waals surface area contributed by atoms with Gasteiger partial charge in [-0.25, -0.2) is 0 Å². The third-order valence-corrected chi connectivity index (χ3v) is 4.01. The first kappa shape index (κ1) is 11.6. The van der Waals surface area contributed by atoms with E-state index in [1.165, 1.54) is 15.5 Å². The lowest BCUT2D eigenvalue weighted by atomic mass is 10.3. The molecule has 1 aromatic carbocycles. The van der Waals surface area contributed by atoms with Crippen LogP contribution in [0.15, 0.2) is 46.7 Å². The number of rotatable bonds is 5. The molecule has 16 heavy (non-hydrogen) atoms. The Morgan fingerprint density at radius 2 is 2.19 bits per heavy atom. The minimum absolute atomic E-state index is 0.998. The van der Waals surface area contributed by atoms with E-state index in [1.54, 1.807) is 11.8 Å². The van der Waals surface area contributed by atoms with Gasteiger partial charge in [0, 0.05) is 22.0 Å². The van der Waals surface area contributed by atoms with Crippen LogP contribution in [0.4, 0.5) is 5.69 Å². The largest absolute Gasteiger partial charge is 0.385 e. The van der Waals surface area contributed by atoms with Gasteiger partial charge in [0.05, 0.1) is 0 Å². The minimum Gasteiger partial charge on any atom is -0.385 e. The summed E-state index contributed by atoms with van der Waals surface area (Å²) in [5.74, 6) is 0. The summed E-state index contributed by atoms with van der Waals surface area (Å²) in [5, 5.41) is 5.58. The molecule has 0 saturated heterocycles. The van der Waals surface area contributed by atoms with Crippen LogP contribution in [0.5, 0.6) is 0 Å². The Balaban J connectivity index is 1.85. The van der Waals surface area contributed by atoms with E-state index in [1.807, 2.05) is 11.3 Å². The highest BCUT2D eigenvalue weighted by molar-refractivity contribution is 7.98. The molecule has 0 aliphatic heterocycles. The van der Waals surface area contributed by atoms with Gasteiger partial charge in [0.15, 0.2) is 0 Å². The molecular formula is C13H15NS2. The molecule has 2 aromatic rings. The Kier molecular flexibility index (Phi) is 4.31. The van der Waals surface area contributed by atoms with Crippen molar-refractivity contribution in [2.75, 3.05) is 18.1 Å². The normalized spacial score (nSPS) is 10.3. The predicted octanol–water partition coefficient (Wildman–Crippen LogP) is 4.12. The molecule has 84 valence electrons. The number of thioether (sulfide) groups is 1. The van der Waals surface area contributed by atoms with Crippen molar-refractivity contribution >= 4 is 28.8 Å². The van der Waals surface area contributed by atoms with Crippen molar-refractivity contribution in [3.63, 3.8) is 0 Å². The van der Waals surface area contributed by atoms with Gasteiger partial charge in [0.1, 0.15) is 0 Å². The van der Waals surface area contributed by atoms with Gasteiger partial charge in [-0.1, -0.05) is 12.1 Å². The second-order valence-electron chi connectivity index (χ2n) is 3.49. The first-order valence-corrected chi connectivity index (χ1v) is 7.39. The monoisotopic (exact) mass is 249 g/mol. The van der Waals surface area contributed by atoms with E-state index in [0.717, 1.165) is 13.0 Å². The summed E-state index contributed by atoms with van der Waals surface area (Å²) in [7, 11) is 0. The number of benzene rings is 1. The summed E-state index contributed by atoms with van der Waals surface area (Å²) in [6.45, 7) is 0.998. The smallest absolute Gasteiger partial charge is 0.0351 e. The van der Waals surface area contributed by atoms with Gasteiger partial charge in [-0.3, -0.25) is 0 Å². The lowest BCUT2D eigenvalue weighted by molar-refractivity contribution is 1.04. The third kappa shape index (κ3) is 3.29. The number of thiophene rings is 1. The van der Waals surface area contributed by atoms with E-state index in [0.29, 0.717) is 0 Å². The highest BCUT2D eigenvalue weighted by atomic mass is 32.2. The first-order chi connectivity index (χ1) is 7.88. The van der Waals surface area contributed by atoms with Gasteiger partial charge in [-0.2, -0.15) is 0 Å². The fourth-order valence-electron chi connectivity index (χ4n) is 1.52. The summed E-state index contributed by atoms with van der Waals surface area (Å²) in [5.41, 5.74) is 1.21. The molecule has 0 bridgehead atoms. The Morgan fingerprint density at radius 1 is 1.25 bits per heavy atom. The van der Waals surface area contributed by atoms with Gasteiger partial charge < -0.3 is 5.32 Å². The third-order valence-electron chi connectivity index (χ3n) is 2.35. The zero-order valence-electron chi connectivity index (χ0n) is 9.27. The number of hydrogen-bond acceptors (Lipinski definition) is 3. The summed E-state index contributed by atoms with van der Waals surface area (Å²) in [6, 6.07) is 12.8. The zero-order chi connectivity index (χ0) is 11.2. The van der Waals surface area contributed by atoms with Crippen molar-refractivity contribution in [3.8, 4) is 0 Å². The molecule has 1 N–H and O–H groups in total. The second kappa shape index (κ2) is 5.97. The number of nitrogens with one attached hydrogen (secondary N) is 1. The molecular weight excluding hydrogens is 234 g/mol. The van der Waals surface area contributed by atoms with Crippen LogP contribution in [-0.2, 0) is 6.42 Å². The fraction of sp³-hybridized carbons (Fsp3) is 0.231. The Bertz CT molecular complexity index is 423. The maximum atomic E-state index is 3.45. The van der Waals surface area contributed by atoms with Crippen LogP contribution in [0, 0.1) is 0 Å². The number of anilines is 1. The van der Waals surface area contributed by atoms with Crippen LogP contribution in [0.25, 0.3) is 0 Å². The molecule has 0 amide bonds. The first-order valence-electron chi connectivity index (χ1n) is 5.29. The molecule has 0 unspecified atom stereocenters. The molecule has 0 aliphatic rings. The molecule has 1 heterocycles. The quantitative estimate of drug-likeness (QED) is 0.800. The SMILES string of the molecule is CSc1cccc(NCCc2cccs2)c1. The minimum atomic E-state index is 0.998. The molecule has 1 nitrogen and oxygen atoms in total. The van der Waals surface area contributed by atoms with Crippen molar-refractivity contribution in [2.24, 2.45) is 0 Å². The zero-order valence-corrected chi connectivity index (χ0v) is 10.9. The van der Waals surface area contributed by atoms with E-state index in [2.05, 4.69) is 53.4 Å². The lowest BCUT2D eigenvalue weighted by Gasteiger charge is -2.06. The van der Waals surface area contributed by atoms with Crippen LogP contribution < -0.4 is 5.32 Å². The maximum absolute atomic E-state index is 3.45.